The molecule has 4 aromatic rings. The highest BCUT2D eigenvalue weighted by Gasteiger charge is 2.37. The van der Waals surface area contributed by atoms with Gasteiger partial charge in [0.15, 0.2) is 0 Å². The van der Waals surface area contributed by atoms with Gasteiger partial charge in [-0.3, -0.25) is 4.79 Å². The lowest BCUT2D eigenvalue weighted by Crippen LogP contribution is -2.40. The van der Waals surface area contributed by atoms with Gasteiger partial charge in [-0.1, -0.05) is 24.2 Å². The maximum atomic E-state index is 13.2. The van der Waals surface area contributed by atoms with Crippen molar-refractivity contribution in [3.05, 3.63) is 53.7 Å². The van der Waals surface area contributed by atoms with Crippen LogP contribution in [0, 0.1) is 13.8 Å². The molecule has 0 spiro atoms. The normalized spacial score (nSPS) is 17.4. The Morgan fingerprint density at radius 1 is 1.22 bits per heavy atom. The molecule has 1 aliphatic rings. The summed E-state index contributed by atoms with van der Waals surface area (Å²) in [4.78, 5) is 40.2. The second-order valence-electron chi connectivity index (χ2n) is 9.08. The Hall–Kier alpha value is -4.28. The summed E-state index contributed by atoms with van der Waals surface area (Å²) in [5.74, 6) is 0.587. The first-order chi connectivity index (χ1) is 17.9. The molecule has 2 atom stereocenters. The number of oxazole rings is 1. The van der Waals surface area contributed by atoms with Crippen LogP contribution in [0.4, 0.5) is 5.82 Å². The van der Waals surface area contributed by atoms with Gasteiger partial charge in [0.25, 0.3) is 5.89 Å². The third-order valence-electron chi connectivity index (χ3n) is 6.49. The van der Waals surface area contributed by atoms with Gasteiger partial charge in [0.1, 0.15) is 5.82 Å². The number of carbonyl (C=O) groups excluding carboxylic acids is 2. The van der Waals surface area contributed by atoms with Crippen LogP contribution < -0.4 is 5.32 Å². The van der Waals surface area contributed by atoms with Gasteiger partial charge in [0, 0.05) is 42.7 Å². The van der Waals surface area contributed by atoms with Crippen LogP contribution in [0.2, 0.25) is 0 Å². The van der Waals surface area contributed by atoms with Crippen molar-refractivity contribution in [2.24, 2.45) is 0 Å². The standard InChI is InChI=1S/C26H28N6O5/c1-5-12-35-26(34)21-14(2)28-24(36-21)25(33)32-11-9-20(15(32)3)30-23-19-13-18(22-29-16(4)37-31-22)7-6-17(19)8-10-27-23/h6-8,10,13,15,20H,5,9,11-12H2,1-4H3,(H,27,30)/t15-,20+/m0/s1. The number of carbonyl (C=O) groups is 2. The lowest BCUT2D eigenvalue weighted by molar-refractivity contribution is 0.0463. The first-order valence-corrected chi connectivity index (χ1v) is 12.3. The zero-order chi connectivity index (χ0) is 26.1. The van der Waals surface area contributed by atoms with E-state index in [1.807, 2.05) is 38.1 Å². The van der Waals surface area contributed by atoms with Crippen LogP contribution in [0.15, 0.2) is 39.4 Å². The summed E-state index contributed by atoms with van der Waals surface area (Å²) < 4.78 is 15.8. The van der Waals surface area contributed by atoms with Crippen molar-refractivity contribution in [2.75, 3.05) is 18.5 Å². The summed E-state index contributed by atoms with van der Waals surface area (Å²) >= 11 is 0. The van der Waals surface area contributed by atoms with Gasteiger partial charge >= 0.3 is 11.9 Å². The molecule has 5 rings (SSSR count). The first kappa shape index (κ1) is 24.4. The average Bonchev–Trinajstić information content (AvgIpc) is 3.61. The average molecular weight is 505 g/mol. The number of hydrogen-bond donors (Lipinski definition) is 1. The minimum atomic E-state index is -0.614. The number of pyridine rings is 1. The Labute approximate surface area is 213 Å². The number of nitrogens with one attached hydrogen (secondary N) is 1. The third-order valence-corrected chi connectivity index (χ3v) is 6.49. The smallest absolute Gasteiger partial charge is 0.376 e. The predicted molar refractivity (Wildman–Crippen MR) is 134 cm³/mol. The van der Waals surface area contributed by atoms with Crippen molar-refractivity contribution in [1.82, 2.24) is 25.0 Å². The zero-order valence-corrected chi connectivity index (χ0v) is 21.1. The van der Waals surface area contributed by atoms with Crippen molar-refractivity contribution in [3.63, 3.8) is 0 Å². The molecule has 1 saturated heterocycles. The molecule has 4 heterocycles. The molecule has 192 valence electrons. The second-order valence-corrected chi connectivity index (χ2v) is 9.08. The number of nitrogens with zero attached hydrogens (tertiary/aromatic N) is 5. The molecular weight excluding hydrogens is 476 g/mol. The Morgan fingerprint density at radius 2 is 2.05 bits per heavy atom. The molecule has 11 nitrogen and oxygen atoms in total. The predicted octanol–water partition coefficient (Wildman–Crippen LogP) is 4.17. The Bertz CT molecular complexity index is 1460. The number of hydrogen-bond acceptors (Lipinski definition) is 10. The van der Waals surface area contributed by atoms with Gasteiger partial charge in [-0.15, -0.1) is 0 Å². The maximum absolute atomic E-state index is 13.2. The summed E-state index contributed by atoms with van der Waals surface area (Å²) in [6, 6.07) is 7.63. The molecule has 1 amide bonds. The van der Waals surface area contributed by atoms with Gasteiger partial charge in [-0.25, -0.2) is 14.8 Å². The van der Waals surface area contributed by atoms with Gasteiger partial charge in [-0.05, 0) is 44.2 Å². The molecule has 0 bridgehead atoms. The van der Waals surface area contributed by atoms with Gasteiger partial charge in [-0.2, -0.15) is 4.98 Å². The Morgan fingerprint density at radius 3 is 2.81 bits per heavy atom. The van der Waals surface area contributed by atoms with E-state index in [-0.39, 0.29) is 36.2 Å². The summed E-state index contributed by atoms with van der Waals surface area (Å²) in [6.07, 6.45) is 3.15. The topological polar surface area (TPSA) is 136 Å². The van der Waals surface area contributed by atoms with E-state index in [0.29, 0.717) is 42.6 Å². The van der Waals surface area contributed by atoms with Crippen molar-refractivity contribution >= 4 is 28.5 Å². The number of ether oxygens (including phenoxy) is 1. The number of benzene rings is 1. The molecule has 0 radical (unpaired) electrons. The van der Waals surface area contributed by atoms with Gasteiger partial charge < -0.3 is 23.9 Å². The summed E-state index contributed by atoms with van der Waals surface area (Å²) in [6.45, 7) is 8.02. The molecule has 1 N–H and O–H groups in total. The van der Waals surface area contributed by atoms with Crippen molar-refractivity contribution in [2.45, 2.75) is 52.6 Å². The largest absolute Gasteiger partial charge is 0.460 e. The van der Waals surface area contributed by atoms with Crippen molar-refractivity contribution < 1.29 is 23.3 Å². The van der Waals surface area contributed by atoms with E-state index in [4.69, 9.17) is 13.7 Å². The highest BCUT2D eigenvalue weighted by Crippen LogP contribution is 2.30. The van der Waals surface area contributed by atoms with Crippen LogP contribution in [0.1, 0.15) is 59.5 Å². The molecule has 0 unspecified atom stereocenters. The van der Waals surface area contributed by atoms with E-state index < -0.39 is 5.97 Å². The SMILES string of the molecule is CCCOC(=O)c1oc(C(=O)N2CC[C@@H](Nc3nccc4ccc(-c5noc(C)n5)cc34)[C@@H]2C)nc1C. The second kappa shape index (κ2) is 10.00. The first-order valence-electron chi connectivity index (χ1n) is 12.3. The minimum Gasteiger partial charge on any atom is -0.460 e. The fourth-order valence-corrected chi connectivity index (χ4v) is 4.49. The van der Waals surface area contributed by atoms with E-state index in [1.165, 1.54) is 0 Å². The Kier molecular flexibility index (Phi) is 6.60. The lowest BCUT2D eigenvalue weighted by atomic mass is 10.1. The van der Waals surface area contributed by atoms with Crippen LogP contribution in [-0.4, -0.2) is 62.1 Å². The van der Waals surface area contributed by atoms with Crippen LogP contribution in [0.3, 0.4) is 0 Å². The number of fused-ring (bicyclic) bond motifs is 1. The number of anilines is 1. The number of esters is 1. The van der Waals surface area contributed by atoms with E-state index in [9.17, 15) is 9.59 Å². The van der Waals surface area contributed by atoms with Crippen molar-refractivity contribution in [3.8, 4) is 11.4 Å². The van der Waals surface area contributed by atoms with Crippen LogP contribution in [0.5, 0.6) is 0 Å². The van der Waals surface area contributed by atoms with Gasteiger partial charge in [0.05, 0.1) is 12.3 Å². The van der Waals surface area contributed by atoms with E-state index in [2.05, 4.69) is 25.4 Å². The summed E-state index contributed by atoms with van der Waals surface area (Å²) in [5, 5.41) is 9.46. The molecule has 0 aliphatic carbocycles. The third kappa shape index (κ3) is 4.76. The van der Waals surface area contributed by atoms with E-state index >= 15 is 0 Å². The quantitative estimate of drug-likeness (QED) is 0.365. The molecule has 1 aromatic carbocycles. The number of rotatable bonds is 7. The van der Waals surface area contributed by atoms with Gasteiger partial charge in [0.2, 0.25) is 17.5 Å². The summed E-state index contributed by atoms with van der Waals surface area (Å²) in [7, 11) is 0. The monoisotopic (exact) mass is 504 g/mol. The highest BCUT2D eigenvalue weighted by atomic mass is 16.5. The molecule has 3 aromatic heterocycles. The lowest BCUT2D eigenvalue weighted by Gasteiger charge is -2.24. The fourth-order valence-electron chi connectivity index (χ4n) is 4.49. The molecular formula is C26H28N6O5. The van der Waals surface area contributed by atoms with Crippen molar-refractivity contribution in [1.29, 1.82) is 0 Å². The maximum Gasteiger partial charge on any atom is 0.376 e. The number of amides is 1. The number of aryl methyl sites for hydroxylation is 2. The Balaban J connectivity index is 1.34. The zero-order valence-electron chi connectivity index (χ0n) is 21.1. The van der Waals surface area contributed by atoms with Crippen LogP contribution >= 0.6 is 0 Å². The highest BCUT2D eigenvalue weighted by molar-refractivity contribution is 5.95. The number of aromatic nitrogens is 4. The van der Waals surface area contributed by atoms with E-state index in [0.717, 1.165) is 16.3 Å². The summed E-state index contributed by atoms with van der Waals surface area (Å²) in [5.41, 5.74) is 1.16. The molecule has 1 aliphatic heterocycles. The van der Waals surface area contributed by atoms with E-state index in [1.54, 1.807) is 24.9 Å². The van der Waals surface area contributed by atoms with Crippen LogP contribution in [0.25, 0.3) is 22.2 Å². The van der Waals surface area contributed by atoms with Crippen LogP contribution in [-0.2, 0) is 4.74 Å². The minimum absolute atomic E-state index is 0.0362. The molecule has 11 heteroatoms. The molecule has 1 fully saturated rings. The fraction of sp³-hybridized carbons (Fsp3) is 0.385. The molecule has 0 saturated carbocycles. The number of likely N-dealkylation sites (tertiary alicyclic amines) is 1. The molecule has 37 heavy (non-hydrogen) atoms.